The van der Waals surface area contributed by atoms with Crippen molar-refractivity contribution in [3.63, 3.8) is 0 Å². The molecule has 0 saturated carbocycles. The van der Waals surface area contributed by atoms with Crippen molar-refractivity contribution in [3.05, 3.63) is 87.0 Å². The van der Waals surface area contributed by atoms with Crippen molar-refractivity contribution in [1.82, 2.24) is 30.1 Å². The number of pyridine rings is 1. The minimum Gasteiger partial charge on any atom is -0.322 e. The number of hydrogen-bond donors (Lipinski definition) is 1. The minimum atomic E-state index is -0.252. The lowest BCUT2D eigenvalue weighted by Crippen LogP contribution is -2.35. The molecule has 7 nitrogen and oxygen atoms in total. The Morgan fingerprint density at radius 1 is 1.00 bits per heavy atom. The van der Waals surface area contributed by atoms with Gasteiger partial charge in [-0.1, -0.05) is 54.8 Å². The van der Waals surface area contributed by atoms with Crippen molar-refractivity contribution in [1.29, 1.82) is 0 Å². The Morgan fingerprint density at radius 2 is 1.71 bits per heavy atom. The molecule has 35 heavy (non-hydrogen) atoms. The molecule has 0 aliphatic heterocycles. The molecule has 2 aromatic heterocycles. The molecule has 0 radical (unpaired) electrons. The Labute approximate surface area is 207 Å². The maximum atomic E-state index is 13.1. The molecular weight excluding hydrogens is 436 g/mol. The predicted molar refractivity (Wildman–Crippen MR) is 140 cm³/mol. The van der Waals surface area contributed by atoms with Gasteiger partial charge in [0, 0.05) is 24.2 Å². The summed E-state index contributed by atoms with van der Waals surface area (Å²) in [5.74, 6) is 0.833. The van der Waals surface area contributed by atoms with E-state index in [0.717, 1.165) is 35.1 Å². The summed E-state index contributed by atoms with van der Waals surface area (Å²) in [6.07, 6.45) is 1.85. The first-order chi connectivity index (χ1) is 16.7. The first-order valence-electron chi connectivity index (χ1n) is 12.4. The van der Waals surface area contributed by atoms with Gasteiger partial charge in [0.1, 0.15) is 0 Å². The van der Waals surface area contributed by atoms with E-state index in [2.05, 4.69) is 97.3 Å². The van der Waals surface area contributed by atoms with Crippen LogP contribution in [0.1, 0.15) is 74.7 Å². The SMILES string of the molecule is CCCC(c1nnnn1C(C)(C)C)N(Cc1ccc(C)cc1)Cc1cc2cc(C)ccc2[nH]c1=O. The second-order valence-corrected chi connectivity index (χ2v) is 10.5. The number of aromatic amines is 1. The maximum absolute atomic E-state index is 13.1. The Bertz CT molecular complexity index is 1350. The van der Waals surface area contributed by atoms with Crippen LogP contribution >= 0.6 is 0 Å². The van der Waals surface area contributed by atoms with E-state index in [9.17, 15) is 4.79 Å². The number of H-pyrrole nitrogens is 1. The van der Waals surface area contributed by atoms with Crippen LogP contribution in [0.25, 0.3) is 10.9 Å². The third kappa shape index (κ3) is 5.68. The van der Waals surface area contributed by atoms with Crippen molar-refractivity contribution in [2.45, 2.75) is 79.1 Å². The van der Waals surface area contributed by atoms with Crippen LogP contribution in [0.3, 0.4) is 0 Å². The summed E-state index contributed by atoms with van der Waals surface area (Å²) >= 11 is 0. The molecule has 0 saturated heterocycles. The lowest BCUT2D eigenvalue weighted by atomic mass is 10.0. The highest BCUT2D eigenvalue weighted by molar-refractivity contribution is 5.79. The van der Waals surface area contributed by atoms with E-state index in [4.69, 9.17) is 0 Å². The van der Waals surface area contributed by atoms with Crippen LogP contribution in [0.5, 0.6) is 0 Å². The lowest BCUT2D eigenvalue weighted by Gasteiger charge is -2.33. The van der Waals surface area contributed by atoms with Gasteiger partial charge in [0.05, 0.1) is 11.6 Å². The molecule has 0 aliphatic rings. The van der Waals surface area contributed by atoms with Gasteiger partial charge in [0.2, 0.25) is 0 Å². The Kier molecular flexibility index (Phi) is 7.17. The summed E-state index contributed by atoms with van der Waals surface area (Å²) in [7, 11) is 0. The summed E-state index contributed by atoms with van der Waals surface area (Å²) in [4.78, 5) is 18.5. The number of nitrogens with one attached hydrogen (secondary N) is 1. The molecule has 7 heteroatoms. The number of aromatic nitrogens is 5. The maximum Gasteiger partial charge on any atom is 0.252 e. The van der Waals surface area contributed by atoms with Crippen LogP contribution in [0.15, 0.2) is 53.3 Å². The molecule has 0 bridgehead atoms. The van der Waals surface area contributed by atoms with Crippen LogP contribution in [0, 0.1) is 13.8 Å². The minimum absolute atomic E-state index is 0.0388. The summed E-state index contributed by atoms with van der Waals surface area (Å²) in [6, 6.07) is 16.7. The molecular formula is C28H36N6O. The van der Waals surface area contributed by atoms with Gasteiger partial charge in [0.25, 0.3) is 5.56 Å². The quantitative estimate of drug-likeness (QED) is 0.370. The fraction of sp³-hybridized carbons (Fsp3) is 0.429. The van der Waals surface area contributed by atoms with Crippen molar-refractivity contribution in [2.75, 3.05) is 0 Å². The van der Waals surface area contributed by atoms with E-state index in [0.29, 0.717) is 13.1 Å². The number of tetrazole rings is 1. The van der Waals surface area contributed by atoms with E-state index in [1.54, 1.807) is 0 Å². The first-order valence-corrected chi connectivity index (χ1v) is 12.4. The molecule has 2 aromatic carbocycles. The van der Waals surface area contributed by atoms with Gasteiger partial charge in [-0.3, -0.25) is 9.69 Å². The molecule has 1 unspecified atom stereocenters. The van der Waals surface area contributed by atoms with Crippen LogP contribution in [-0.2, 0) is 18.6 Å². The third-order valence-electron chi connectivity index (χ3n) is 6.39. The normalized spacial score (nSPS) is 13.0. The van der Waals surface area contributed by atoms with Crippen molar-refractivity contribution >= 4 is 10.9 Å². The van der Waals surface area contributed by atoms with Crippen LogP contribution in [0.2, 0.25) is 0 Å². The second kappa shape index (κ2) is 10.1. The zero-order valence-electron chi connectivity index (χ0n) is 21.7. The van der Waals surface area contributed by atoms with E-state index in [1.807, 2.05) is 22.9 Å². The molecule has 4 rings (SSSR count). The summed E-state index contributed by atoms with van der Waals surface area (Å²) in [5.41, 5.74) is 4.88. The zero-order chi connectivity index (χ0) is 25.2. The predicted octanol–water partition coefficient (Wildman–Crippen LogP) is 5.43. The second-order valence-electron chi connectivity index (χ2n) is 10.5. The molecule has 0 aliphatic carbocycles. The smallest absolute Gasteiger partial charge is 0.252 e. The number of rotatable bonds is 8. The highest BCUT2D eigenvalue weighted by Crippen LogP contribution is 2.30. The average molecular weight is 473 g/mol. The van der Waals surface area contributed by atoms with Gasteiger partial charge >= 0.3 is 0 Å². The standard InChI is InChI=1S/C28H36N6O/c1-7-8-25(26-30-31-32-34(26)28(4,5)6)33(17-21-12-9-19(2)10-13-21)18-23-16-22-15-20(3)11-14-24(22)29-27(23)35/h9-16,25H,7-8,17-18H2,1-6H3,(H,29,35). The van der Waals surface area contributed by atoms with Gasteiger partial charge in [-0.05, 0) is 80.6 Å². The van der Waals surface area contributed by atoms with E-state index in [1.165, 1.54) is 16.7 Å². The van der Waals surface area contributed by atoms with Gasteiger partial charge < -0.3 is 4.98 Å². The van der Waals surface area contributed by atoms with Crippen molar-refractivity contribution < 1.29 is 0 Å². The molecule has 1 atom stereocenters. The lowest BCUT2D eigenvalue weighted by molar-refractivity contribution is 0.148. The molecule has 0 amide bonds. The van der Waals surface area contributed by atoms with E-state index in [-0.39, 0.29) is 17.1 Å². The average Bonchev–Trinajstić information content (AvgIpc) is 3.29. The fourth-order valence-electron chi connectivity index (χ4n) is 4.54. The van der Waals surface area contributed by atoms with Gasteiger partial charge in [-0.2, -0.15) is 0 Å². The summed E-state index contributed by atoms with van der Waals surface area (Å²) < 4.78 is 1.92. The summed E-state index contributed by atoms with van der Waals surface area (Å²) in [5, 5.41) is 13.9. The topological polar surface area (TPSA) is 79.7 Å². The Balaban J connectivity index is 1.79. The first kappa shape index (κ1) is 24.8. The Hall–Kier alpha value is -3.32. The molecule has 0 fully saturated rings. The van der Waals surface area contributed by atoms with Crippen LogP contribution in [0.4, 0.5) is 0 Å². The number of hydrogen-bond acceptors (Lipinski definition) is 5. The Morgan fingerprint density at radius 3 is 2.40 bits per heavy atom. The number of nitrogens with zero attached hydrogens (tertiary/aromatic N) is 5. The number of aryl methyl sites for hydroxylation is 2. The molecule has 184 valence electrons. The molecule has 4 aromatic rings. The molecule has 2 heterocycles. The van der Waals surface area contributed by atoms with E-state index < -0.39 is 0 Å². The van der Waals surface area contributed by atoms with Crippen LogP contribution in [-0.4, -0.2) is 30.1 Å². The highest BCUT2D eigenvalue weighted by Gasteiger charge is 2.30. The number of benzene rings is 2. The zero-order valence-corrected chi connectivity index (χ0v) is 21.7. The monoisotopic (exact) mass is 472 g/mol. The molecule has 1 N–H and O–H groups in total. The third-order valence-corrected chi connectivity index (χ3v) is 6.39. The van der Waals surface area contributed by atoms with E-state index >= 15 is 0 Å². The highest BCUT2D eigenvalue weighted by atomic mass is 16.1. The van der Waals surface area contributed by atoms with Gasteiger partial charge in [-0.15, -0.1) is 5.10 Å². The van der Waals surface area contributed by atoms with Crippen molar-refractivity contribution in [3.8, 4) is 0 Å². The van der Waals surface area contributed by atoms with Crippen molar-refractivity contribution in [2.24, 2.45) is 0 Å². The van der Waals surface area contributed by atoms with Gasteiger partial charge in [0.15, 0.2) is 5.82 Å². The number of fused-ring (bicyclic) bond motifs is 1. The largest absolute Gasteiger partial charge is 0.322 e. The summed E-state index contributed by atoms with van der Waals surface area (Å²) in [6.45, 7) is 13.8. The van der Waals surface area contributed by atoms with Crippen LogP contribution < -0.4 is 5.56 Å². The van der Waals surface area contributed by atoms with Gasteiger partial charge in [-0.25, -0.2) is 4.68 Å². The molecule has 0 spiro atoms. The fourth-order valence-corrected chi connectivity index (χ4v) is 4.54.